The summed E-state index contributed by atoms with van der Waals surface area (Å²) >= 11 is 0.966. The van der Waals surface area contributed by atoms with Gasteiger partial charge in [0.15, 0.2) is 0 Å². The van der Waals surface area contributed by atoms with Crippen LogP contribution >= 0.6 is 11.3 Å². The van der Waals surface area contributed by atoms with Gasteiger partial charge in [0.25, 0.3) is 0 Å². The number of benzene rings is 1. The van der Waals surface area contributed by atoms with Crippen molar-refractivity contribution in [1.29, 1.82) is 0 Å². The zero-order valence-electron chi connectivity index (χ0n) is 17.0. The van der Waals surface area contributed by atoms with Gasteiger partial charge in [-0.25, -0.2) is 13.1 Å². The van der Waals surface area contributed by atoms with Crippen molar-refractivity contribution in [3.05, 3.63) is 51.5 Å². The number of nitrogens with one attached hydrogen (secondary N) is 1. The number of hydrogen-bond donors (Lipinski definition) is 1. The standard InChI is InChI=1S/C20H23N3O6S2/c1-14-2-3-15(29-14)13-21-31(26,27)16-4-5-17-18(12-16)30-20(25)23(17)7-6-19(24)22-8-10-28-11-9-22/h2-5,12,21H,6-11,13H2,1H3. The van der Waals surface area contributed by atoms with Gasteiger partial charge in [-0.15, -0.1) is 0 Å². The fraction of sp³-hybridized carbons (Fsp3) is 0.400. The predicted molar refractivity (Wildman–Crippen MR) is 116 cm³/mol. The zero-order chi connectivity index (χ0) is 22.0. The molecule has 1 aromatic carbocycles. The molecule has 0 bridgehead atoms. The highest BCUT2D eigenvalue weighted by Gasteiger charge is 2.20. The Morgan fingerprint density at radius 2 is 1.97 bits per heavy atom. The number of rotatable bonds is 7. The van der Waals surface area contributed by atoms with Crippen LogP contribution in [0.5, 0.6) is 0 Å². The molecule has 3 aromatic rings. The monoisotopic (exact) mass is 465 g/mol. The number of aryl methyl sites for hydroxylation is 2. The highest BCUT2D eigenvalue weighted by Crippen LogP contribution is 2.22. The van der Waals surface area contributed by atoms with Crippen molar-refractivity contribution < 1.29 is 22.4 Å². The topological polar surface area (TPSA) is 111 Å². The van der Waals surface area contributed by atoms with E-state index >= 15 is 0 Å². The fourth-order valence-corrected chi connectivity index (χ4v) is 5.48. The van der Waals surface area contributed by atoms with Crippen LogP contribution < -0.4 is 9.60 Å². The van der Waals surface area contributed by atoms with Gasteiger partial charge in [-0.3, -0.25) is 14.2 Å². The van der Waals surface area contributed by atoms with Gasteiger partial charge in [0, 0.05) is 26.1 Å². The second kappa shape index (κ2) is 8.95. The number of furan rings is 1. The van der Waals surface area contributed by atoms with Crippen molar-refractivity contribution in [2.45, 2.75) is 31.3 Å². The third-order valence-corrected chi connectivity index (χ3v) is 7.44. The minimum Gasteiger partial charge on any atom is -0.465 e. The lowest BCUT2D eigenvalue weighted by molar-refractivity contribution is -0.135. The van der Waals surface area contributed by atoms with E-state index < -0.39 is 10.0 Å². The first-order chi connectivity index (χ1) is 14.8. The fourth-order valence-electron chi connectivity index (χ4n) is 3.43. The molecule has 166 valence electrons. The number of sulfonamides is 1. The number of ether oxygens (including phenoxy) is 1. The maximum atomic E-state index is 12.6. The molecule has 1 saturated heterocycles. The van der Waals surface area contributed by atoms with Gasteiger partial charge in [-0.2, -0.15) is 0 Å². The van der Waals surface area contributed by atoms with Crippen LogP contribution in [0.1, 0.15) is 17.9 Å². The van der Waals surface area contributed by atoms with Gasteiger partial charge < -0.3 is 14.1 Å². The van der Waals surface area contributed by atoms with Gasteiger partial charge in [0.2, 0.25) is 15.9 Å². The van der Waals surface area contributed by atoms with E-state index in [1.165, 1.54) is 16.7 Å². The van der Waals surface area contributed by atoms with Crippen molar-refractivity contribution in [2.24, 2.45) is 0 Å². The van der Waals surface area contributed by atoms with E-state index in [9.17, 15) is 18.0 Å². The Morgan fingerprint density at radius 1 is 1.19 bits per heavy atom. The molecule has 0 spiro atoms. The van der Waals surface area contributed by atoms with Gasteiger partial charge in [0.05, 0.1) is 34.9 Å². The number of carbonyl (C=O) groups excluding carboxylic acids is 1. The summed E-state index contributed by atoms with van der Waals surface area (Å²) in [6, 6.07) is 8.03. The summed E-state index contributed by atoms with van der Waals surface area (Å²) in [5, 5.41) is 0. The lowest BCUT2D eigenvalue weighted by Gasteiger charge is -2.26. The molecule has 0 saturated carbocycles. The summed E-state index contributed by atoms with van der Waals surface area (Å²) in [6.07, 6.45) is 0.204. The second-order valence-corrected chi connectivity index (χ2v) is 9.99. The average molecular weight is 466 g/mol. The highest BCUT2D eigenvalue weighted by atomic mass is 32.2. The third-order valence-electron chi connectivity index (χ3n) is 5.10. The minimum absolute atomic E-state index is 0.0221. The molecule has 0 aliphatic carbocycles. The summed E-state index contributed by atoms with van der Waals surface area (Å²) in [7, 11) is -3.77. The second-order valence-electron chi connectivity index (χ2n) is 7.23. The highest BCUT2D eigenvalue weighted by molar-refractivity contribution is 7.89. The number of thiazole rings is 1. The van der Waals surface area contributed by atoms with Crippen molar-refractivity contribution >= 4 is 37.5 Å². The lowest BCUT2D eigenvalue weighted by atomic mass is 10.3. The van der Waals surface area contributed by atoms with Crippen LogP contribution in [0, 0.1) is 6.92 Å². The van der Waals surface area contributed by atoms with Crippen LogP contribution in [-0.4, -0.2) is 50.1 Å². The zero-order valence-corrected chi connectivity index (χ0v) is 18.6. The molecule has 1 aliphatic heterocycles. The van der Waals surface area contributed by atoms with E-state index in [0.717, 1.165) is 11.3 Å². The molecule has 4 rings (SSSR count). The van der Waals surface area contributed by atoms with E-state index in [-0.39, 0.29) is 35.2 Å². The van der Waals surface area contributed by atoms with E-state index in [1.807, 2.05) is 0 Å². The molecular weight excluding hydrogens is 442 g/mol. The summed E-state index contributed by atoms with van der Waals surface area (Å²) < 4.78 is 40.5. The Bertz CT molecular complexity index is 1250. The van der Waals surface area contributed by atoms with E-state index in [0.29, 0.717) is 48.0 Å². The quantitative estimate of drug-likeness (QED) is 0.569. The van der Waals surface area contributed by atoms with Gasteiger partial charge in [-0.05, 0) is 37.3 Å². The first kappa shape index (κ1) is 21.8. The summed E-state index contributed by atoms with van der Waals surface area (Å²) in [5.74, 6) is 1.20. The number of nitrogens with zero attached hydrogens (tertiary/aromatic N) is 2. The number of morpholine rings is 1. The molecular formula is C20H23N3O6S2. The van der Waals surface area contributed by atoms with Crippen LogP contribution in [0.3, 0.4) is 0 Å². The number of fused-ring (bicyclic) bond motifs is 1. The smallest absolute Gasteiger partial charge is 0.308 e. The normalized spacial score (nSPS) is 14.9. The molecule has 1 aliphatic rings. The number of aromatic nitrogens is 1. The molecule has 0 unspecified atom stereocenters. The first-order valence-corrected chi connectivity index (χ1v) is 12.2. The summed E-state index contributed by atoms with van der Waals surface area (Å²) in [6.45, 7) is 4.24. The summed E-state index contributed by atoms with van der Waals surface area (Å²) in [5.41, 5.74) is 0.616. The van der Waals surface area contributed by atoms with E-state index in [1.54, 1.807) is 30.0 Å². The SMILES string of the molecule is Cc1ccc(CNS(=O)(=O)c2ccc3c(c2)sc(=O)n3CCC(=O)N2CCOCC2)o1. The van der Waals surface area contributed by atoms with E-state index in [4.69, 9.17) is 9.15 Å². The van der Waals surface area contributed by atoms with Crippen LogP contribution in [0.25, 0.3) is 10.2 Å². The van der Waals surface area contributed by atoms with Crippen molar-refractivity contribution in [2.75, 3.05) is 26.3 Å². The largest absolute Gasteiger partial charge is 0.465 e. The molecule has 0 atom stereocenters. The number of hydrogen-bond acceptors (Lipinski definition) is 7. The molecule has 3 heterocycles. The number of carbonyl (C=O) groups is 1. The molecule has 1 fully saturated rings. The van der Waals surface area contributed by atoms with Crippen molar-refractivity contribution in [3.63, 3.8) is 0 Å². The van der Waals surface area contributed by atoms with E-state index in [2.05, 4.69) is 4.72 Å². The maximum absolute atomic E-state index is 12.6. The van der Waals surface area contributed by atoms with Crippen molar-refractivity contribution in [1.82, 2.24) is 14.2 Å². The van der Waals surface area contributed by atoms with Crippen LogP contribution in [0.15, 0.2) is 44.4 Å². The Balaban J connectivity index is 1.48. The Kier molecular flexibility index (Phi) is 6.28. The summed E-state index contributed by atoms with van der Waals surface area (Å²) in [4.78, 5) is 26.4. The molecule has 9 nitrogen and oxygen atoms in total. The van der Waals surface area contributed by atoms with Gasteiger partial charge >= 0.3 is 4.87 Å². The molecule has 1 N–H and O–H groups in total. The maximum Gasteiger partial charge on any atom is 0.308 e. The van der Waals surface area contributed by atoms with Gasteiger partial charge in [-0.1, -0.05) is 11.3 Å². The third kappa shape index (κ3) is 4.90. The Hall–Kier alpha value is -2.47. The molecule has 31 heavy (non-hydrogen) atoms. The molecule has 0 radical (unpaired) electrons. The average Bonchev–Trinajstić information content (AvgIpc) is 3.32. The van der Waals surface area contributed by atoms with Crippen LogP contribution in [0.4, 0.5) is 0 Å². The minimum atomic E-state index is -3.77. The lowest BCUT2D eigenvalue weighted by Crippen LogP contribution is -2.41. The molecule has 1 amide bonds. The Labute approximate surface area is 183 Å². The first-order valence-electron chi connectivity index (χ1n) is 9.87. The molecule has 2 aromatic heterocycles. The molecule has 11 heteroatoms. The van der Waals surface area contributed by atoms with Gasteiger partial charge in [0.1, 0.15) is 11.5 Å². The Morgan fingerprint density at radius 3 is 2.68 bits per heavy atom. The number of amides is 1. The van der Waals surface area contributed by atoms with Crippen molar-refractivity contribution in [3.8, 4) is 0 Å². The predicted octanol–water partition coefficient (Wildman–Crippen LogP) is 1.69. The van der Waals surface area contributed by atoms with Crippen LogP contribution in [0.2, 0.25) is 0 Å². The van der Waals surface area contributed by atoms with Crippen LogP contribution in [-0.2, 0) is 32.6 Å².